The molecule has 11 atom stereocenters. The Kier molecular flexibility index (Phi) is 16.8. The van der Waals surface area contributed by atoms with Crippen molar-refractivity contribution in [3.8, 4) is 0 Å². The number of nitrogens with one attached hydrogen (secondary N) is 2. The van der Waals surface area contributed by atoms with Crippen LogP contribution in [0.15, 0.2) is 11.1 Å². The van der Waals surface area contributed by atoms with Crippen molar-refractivity contribution in [1.29, 1.82) is 0 Å². The maximum Gasteiger partial charge on any atom is 1.00 e. The van der Waals surface area contributed by atoms with Gasteiger partial charge < -0.3 is 60.4 Å². The third kappa shape index (κ3) is 10.7. The van der Waals surface area contributed by atoms with Crippen molar-refractivity contribution in [2.75, 3.05) is 31.0 Å². The molecule has 254 valence electrons. The van der Waals surface area contributed by atoms with Crippen LogP contribution in [0.3, 0.4) is 0 Å². The fraction of sp³-hybridized carbons (Fsp3) is 0.684. The molecule has 11 unspecified atom stereocenters. The number of hydrogen-bond donors (Lipinski definition) is 8. The van der Waals surface area contributed by atoms with Gasteiger partial charge >= 0.3 is 59.1 Å². The van der Waals surface area contributed by atoms with Crippen LogP contribution in [0.2, 0.25) is 0 Å². The number of imidazole rings is 1. The Labute approximate surface area is 316 Å². The number of aromatic amines is 1. The Morgan fingerprint density at radius 1 is 1.13 bits per heavy atom. The molecule has 2 aliphatic rings. The predicted molar refractivity (Wildman–Crippen MR) is 147 cm³/mol. The van der Waals surface area contributed by atoms with Gasteiger partial charge in [-0.05, 0) is 6.26 Å². The Bertz CT molecular complexity index is 1530. The number of carbonyl (C=O) groups excluding carboxylic acids is 1. The molecule has 47 heavy (non-hydrogen) atoms. The molecular weight excluding hydrogens is 740 g/mol. The number of nitrogen functional groups attached to an aromatic ring is 1. The monoisotopic (exact) mass is 768 g/mol. The molecule has 9 N–H and O–H groups in total. The van der Waals surface area contributed by atoms with E-state index in [2.05, 4.69) is 33.6 Å². The summed E-state index contributed by atoms with van der Waals surface area (Å²) in [6.45, 7) is -2.03. The number of aliphatic hydroxyl groups excluding tert-OH is 5. The fourth-order valence-corrected chi connectivity index (χ4v) is 7.42. The second kappa shape index (κ2) is 18.2. The first kappa shape index (κ1) is 43.5. The Balaban J connectivity index is 0.00000384. The number of nitrogens with zero attached hydrogens (tertiary/aromatic N) is 3. The summed E-state index contributed by atoms with van der Waals surface area (Å²) >= 11 is 0. The van der Waals surface area contributed by atoms with Crippen LogP contribution in [0.1, 0.15) is 6.23 Å². The SMILES string of the molecule is CSSCC(=O)NC1C(OP(=O)([O-])OP(=O)([O-])OCC2OC(n3cnc4c(=O)[nH]c(N)nc43)C(O)C2O)OC(CO)C(O)C1O.[Na+].[Na+]. The Morgan fingerprint density at radius 2 is 1.79 bits per heavy atom. The van der Waals surface area contributed by atoms with Crippen LogP contribution in [0.4, 0.5) is 5.95 Å². The maximum absolute atomic E-state index is 12.5. The molecule has 0 aliphatic carbocycles. The second-order valence-corrected chi connectivity index (χ2v) is 14.9. The molecule has 1 amide bonds. The van der Waals surface area contributed by atoms with Gasteiger partial charge in [0.2, 0.25) is 11.9 Å². The number of anilines is 1. The van der Waals surface area contributed by atoms with Crippen molar-refractivity contribution in [2.45, 2.75) is 55.2 Å². The summed E-state index contributed by atoms with van der Waals surface area (Å²) in [4.78, 5) is 59.1. The number of carbonyl (C=O) groups is 1. The molecule has 22 nitrogen and oxygen atoms in total. The van der Waals surface area contributed by atoms with E-state index in [1.807, 2.05) is 0 Å². The summed E-state index contributed by atoms with van der Waals surface area (Å²) < 4.78 is 49.8. The number of hydrogen-bond acceptors (Lipinski definition) is 21. The summed E-state index contributed by atoms with van der Waals surface area (Å²) in [6, 6.07) is -1.77. The van der Waals surface area contributed by atoms with E-state index >= 15 is 0 Å². The predicted octanol–water partition coefficient (Wildman–Crippen LogP) is -10.7. The number of phosphoric ester groups is 2. The molecule has 2 aromatic rings. The van der Waals surface area contributed by atoms with Crippen molar-refractivity contribution in [1.82, 2.24) is 24.8 Å². The molecule has 4 heterocycles. The van der Waals surface area contributed by atoms with Crippen molar-refractivity contribution in [3.05, 3.63) is 16.7 Å². The molecule has 2 saturated heterocycles. The quantitative estimate of drug-likeness (QED) is 0.0533. The minimum atomic E-state index is -5.97. The second-order valence-electron chi connectivity index (χ2n) is 9.43. The van der Waals surface area contributed by atoms with Gasteiger partial charge in [-0.25, -0.2) is 9.29 Å². The van der Waals surface area contributed by atoms with Crippen LogP contribution in [-0.2, 0) is 36.8 Å². The van der Waals surface area contributed by atoms with Crippen LogP contribution in [-0.4, -0.2) is 125 Å². The Hall–Kier alpha value is 0.300. The largest absolute Gasteiger partial charge is 1.00 e. The molecule has 2 aromatic heterocycles. The van der Waals surface area contributed by atoms with Crippen LogP contribution in [0.25, 0.3) is 11.2 Å². The molecular formula is C19H28N6Na2O16P2S2. The van der Waals surface area contributed by atoms with E-state index in [9.17, 15) is 54.0 Å². The van der Waals surface area contributed by atoms with Crippen LogP contribution in [0, 0.1) is 0 Å². The van der Waals surface area contributed by atoms with E-state index < -0.39 is 95.5 Å². The van der Waals surface area contributed by atoms with E-state index in [1.165, 1.54) is 10.8 Å². The number of phosphoric acid groups is 2. The van der Waals surface area contributed by atoms with Gasteiger partial charge in [0.25, 0.3) is 21.2 Å². The zero-order chi connectivity index (χ0) is 33.3. The molecule has 4 rings (SSSR count). The van der Waals surface area contributed by atoms with E-state index in [4.69, 9.17) is 15.2 Å². The van der Waals surface area contributed by atoms with Gasteiger partial charge in [-0.3, -0.25) is 32.8 Å². The smallest absolute Gasteiger partial charge is 0.756 e. The Morgan fingerprint density at radius 3 is 2.43 bits per heavy atom. The maximum atomic E-state index is 12.5. The number of nitrogens with two attached hydrogens (primary N) is 1. The van der Waals surface area contributed by atoms with Gasteiger partial charge in [0.1, 0.15) is 42.7 Å². The summed E-state index contributed by atoms with van der Waals surface area (Å²) in [6.07, 6.45) is -11.4. The first-order chi connectivity index (χ1) is 21.1. The number of H-pyrrole nitrogens is 1. The zero-order valence-corrected chi connectivity index (χ0v) is 32.2. The van der Waals surface area contributed by atoms with E-state index in [1.54, 1.807) is 6.26 Å². The van der Waals surface area contributed by atoms with Gasteiger partial charge in [-0.2, -0.15) is 4.98 Å². The van der Waals surface area contributed by atoms with Crippen molar-refractivity contribution < 1.29 is 131 Å². The molecule has 28 heteroatoms. The molecule has 0 saturated carbocycles. The van der Waals surface area contributed by atoms with Gasteiger partial charge in [-0.15, -0.1) is 0 Å². The average molecular weight is 769 g/mol. The van der Waals surface area contributed by atoms with E-state index in [0.717, 1.165) is 21.7 Å². The molecule has 0 bridgehead atoms. The normalized spacial score (nSPS) is 31.7. The van der Waals surface area contributed by atoms with Crippen LogP contribution in [0.5, 0.6) is 0 Å². The summed E-state index contributed by atoms with van der Waals surface area (Å²) in [7, 11) is -9.52. The fourth-order valence-electron chi connectivity index (χ4n) is 4.35. The van der Waals surface area contributed by atoms with Gasteiger partial charge in [-0.1, -0.05) is 21.6 Å². The van der Waals surface area contributed by atoms with Crippen LogP contribution < -0.4 is 85.5 Å². The standard InChI is InChI=1S/C19H30N6O16P2S2.2Na/c1-44-45-4-8(27)22-9-13(30)11(28)6(2-26)39-18(9)40-43(35,36)41-42(33,34)37-3-7-12(29)14(31)17(38-7)25-5-21-10-15(25)23-19(20)24-16(10)32;;/h5-7,9,11-14,17-18,26,28-31H,2-4H2,1H3,(H,22,27)(H,33,34)(H,35,36)(H3,20,23,24,32);;/q;2*+1/p-2. The number of amides is 1. The van der Waals surface area contributed by atoms with Gasteiger partial charge in [0.05, 0.1) is 25.3 Å². The van der Waals surface area contributed by atoms with Crippen molar-refractivity contribution >= 4 is 60.3 Å². The summed E-state index contributed by atoms with van der Waals surface area (Å²) in [5.74, 6) is -1.21. The third-order valence-corrected chi connectivity index (χ3v) is 10.6. The minimum absolute atomic E-state index is 0. The van der Waals surface area contributed by atoms with E-state index in [0.29, 0.717) is 0 Å². The first-order valence-corrected chi connectivity index (χ1v) is 18.2. The molecule has 0 aromatic carbocycles. The number of aromatic nitrogens is 4. The van der Waals surface area contributed by atoms with Crippen LogP contribution >= 0.6 is 37.2 Å². The van der Waals surface area contributed by atoms with Gasteiger partial charge in [0.15, 0.2) is 23.7 Å². The molecule has 0 spiro atoms. The third-order valence-electron chi connectivity index (χ3n) is 6.41. The van der Waals surface area contributed by atoms with Gasteiger partial charge in [0, 0.05) is 0 Å². The number of aliphatic hydroxyl groups is 5. The molecule has 2 fully saturated rings. The number of fused-ring (bicyclic) bond motifs is 1. The minimum Gasteiger partial charge on any atom is -0.756 e. The first-order valence-electron chi connectivity index (χ1n) is 12.5. The topological polar surface area (TPSA) is 346 Å². The average Bonchev–Trinajstić information content (AvgIpc) is 3.50. The number of ether oxygens (including phenoxy) is 2. The van der Waals surface area contributed by atoms with E-state index in [-0.39, 0.29) is 82.0 Å². The summed E-state index contributed by atoms with van der Waals surface area (Å²) in [5, 5.41) is 53.1. The van der Waals surface area contributed by atoms with Crippen molar-refractivity contribution in [3.63, 3.8) is 0 Å². The molecule has 2 aliphatic heterocycles. The zero-order valence-electron chi connectivity index (χ0n) is 24.8. The number of rotatable bonds is 13. The molecule has 0 radical (unpaired) electrons. The van der Waals surface area contributed by atoms with Crippen molar-refractivity contribution in [2.24, 2.45) is 0 Å². The summed E-state index contributed by atoms with van der Waals surface area (Å²) in [5.41, 5.74) is 4.50.